The first-order valence-corrected chi connectivity index (χ1v) is 4.99. The van der Waals surface area contributed by atoms with Crippen molar-refractivity contribution in [3.8, 4) is 0 Å². The number of hydrogen-bond donors (Lipinski definition) is 1. The van der Waals surface area contributed by atoms with Crippen molar-refractivity contribution in [2.45, 2.75) is 20.3 Å². The summed E-state index contributed by atoms with van der Waals surface area (Å²) in [6, 6.07) is 3.33. The van der Waals surface area contributed by atoms with Crippen LogP contribution in [0.15, 0.2) is 17.2 Å². The van der Waals surface area contributed by atoms with E-state index in [1.54, 1.807) is 12.1 Å². The molecule has 0 unspecified atom stereocenters. The molecule has 1 aromatic rings. The lowest BCUT2D eigenvalue weighted by atomic mass is 10.3. The van der Waals surface area contributed by atoms with Crippen LogP contribution in [0.2, 0.25) is 10.3 Å². The van der Waals surface area contributed by atoms with Crippen molar-refractivity contribution in [3.05, 3.63) is 22.4 Å². The molecule has 0 saturated heterocycles. The smallest absolute Gasteiger partial charge is 0.132 e. The molecule has 14 heavy (non-hydrogen) atoms. The van der Waals surface area contributed by atoms with Gasteiger partial charge in [0.05, 0.1) is 5.69 Å². The Kier molecular flexibility index (Phi) is 4.17. The SMILES string of the molecule is CCC(C)=NNc1cc(Cl)nc(Cl)c1. The topological polar surface area (TPSA) is 37.3 Å². The molecule has 1 aromatic heterocycles. The molecule has 0 amide bonds. The van der Waals surface area contributed by atoms with Gasteiger partial charge in [0, 0.05) is 17.8 Å². The van der Waals surface area contributed by atoms with E-state index in [0.29, 0.717) is 10.3 Å². The van der Waals surface area contributed by atoms with Crippen LogP contribution in [0.4, 0.5) is 5.69 Å². The van der Waals surface area contributed by atoms with E-state index in [4.69, 9.17) is 23.2 Å². The van der Waals surface area contributed by atoms with Gasteiger partial charge in [0.15, 0.2) is 0 Å². The first-order valence-electron chi connectivity index (χ1n) is 4.24. The first kappa shape index (κ1) is 11.3. The fourth-order valence-electron chi connectivity index (χ4n) is 0.768. The van der Waals surface area contributed by atoms with Crippen molar-refractivity contribution in [1.29, 1.82) is 0 Å². The molecule has 0 atom stereocenters. The molecule has 0 fully saturated rings. The van der Waals surface area contributed by atoms with Crippen molar-refractivity contribution in [1.82, 2.24) is 4.98 Å². The Morgan fingerprint density at radius 1 is 1.43 bits per heavy atom. The van der Waals surface area contributed by atoms with E-state index in [1.807, 2.05) is 13.8 Å². The lowest BCUT2D eigenvalue weighted by Gasteiger charge is -2.02. The molecule has 1 N–H and O–H groups in total. The number of nitrogens with zero attached hydrogens (tertiary/aromatic N) is 2. The molecule has 0 aliphatic rings. The van der Waals surface area contributed by atoms with Gasteiger partial charge in [-0.1, -0.05) is 30.1 Å². The van der Waals surface area contributed by atoms with E-state index in [1.165, 1.54) is 0 Å². The van der Waals surface area contributed by atoms with Crippen LogP contribution in [0.5, 0.6) is 0 Å². The molecule has 0 aromatic carbocycles. The molecule has 0 spiro atoms. The van der Waals surface area contributed by atoms with Crippen molar-refractivity contribution < 1.29 is 0 Å². The summed E-state index contributed by atoms with van der Waals surface area (Å²) < 4.78 is 0. The van der Waals surface area contributed by atoms with Crippen LogP contribution in [-0.2, 0) is 0 Å². The summed E-state index contributed by atoms with van der Waals surface area (Å²) in [4.78, 5) is 3.82. The Labute approximate surface area is 93.1 Å². The number of hydrazone groups is 1. The molecule has 0 bridgehead atoms. The van der Waals surface area contributed by atoms with Crippen LogP contribution in [-0.4, -0.2) is 10.7 Å². The molecule has 76 valence electrons. The third kappa shape index (κ3) is 3.52. The number of nitrogens with one attached hydrogen (secondary N) is 1. The Morgan fingerprint density at radius 3 is 2.50 bits per heavy atom. The highest BCUT2D eigenvalue weighted by molar-refractivity contribution is 6.32. The number of aromatic nitrogens is 1. The quantitative estimate of drug-likeness (QED) is 0.491. The third-order valence-electron chi connectivity index (χ3n) is 1.65. The number of pyridine rings is 1. The van der Waals surface area contributed by atoms with Crippen LogP contribution < -0.4 is 5.43 Å². The summed E-state index contributed by atoms with van der Waals surface area (Å²) in [5.74, 6) is 0. The fraction of sp³-hybridized carbons (Fsp3) is 0.333. The Balaban J connectivity index is 2.77. The molecule has 0 radical (unpaired) electrons. The van der Waals surface area contributed by atoms with Gasteiger partial charge < -0.3 is 0 Å². The van der Waals surface area contributed by atoms with Crippen LogP contribution in [0.25, 0.3) is 0 Å². The average Bonchev–Trinajstić information content (AvgIpc) is 2.12. The average molecular weight is 232 g/mol. The summed E-state index contributed by atoms with van der Waals surface area (Å²) in [6.45, 7) is 3.98. The summed E-state index contributed by atoms with van der Waals surface area (Å²) in [6.07, 6.45) is 0.902. The predicted molar refractivity (Wildman–Crippen MR) is 61.3 cm³/mol. The number of anilines is 1. The van der Waals surface area contributed by atoms with E-state index in [2.05, 4.69) is 15.5 Å². The number of rotatable bonds is 3. The first-order chi connectivity index (χ1) is 6.61. The van der Waals surface area contributed by atoms with Gasteiger partial charge in [-0.15, -0.1) is 0 Å². The zero-order chi connectivity index (χ0) is 10.6. The second-order valence-electron chi connectivity index (χ2n) is 2.81. The van der Waals surface area contributed by atoms with Gasteiger partial charge in [0.1, 0.15) is 10.3 Å². The Bertz CT molecular complexity index is 330. The minimum absolute atomic E-state index is 0.351. The maximum absolute atomic E-state index is 5.72. The molecule has 5 heteroatoms. The highest BCUT2D eigenvalue weighted by Crippen LogP contribution is 2.18. The third-order valence-corrected chi connectivity index (χ3v) is 2.04. The van der Waals surface area contributed by atoms with Gasteiger partial charge in [-0.25, -0.2) is 4.98 Å². The monoisotopic (exact) mass is 231 g/mol. The minimum atomic E-state index is 0.351. The second kappa shape index (κ2) is 5.17. The standard InChI is InChI=1S/C9H11Cl2N3/c1-3-6(2)13-14-7-4-8(10)12-9(11)5-7/h4-5H,3H2,1-2H3,(H,12,14). The zero-order valence-corrected chi connectivity index (χ0v) is 9.52. The molecule has 0 aliphatic carbocycles. The molecule has 0 aliphatic heterocycles. The Morgan fingerprint density at radius 2 is 2.00 bits per heavy atom. The number of hydrogen-bond acceptors (Lipinski definition) is 3. The number of halogens is 2. The van der Waals surface area contributed by atoms with Gasteiger partial charge in [-0.3, -0.25) is 5.43 Å². The van der Waals surface area contributed by atoms with Crippen LogP contribution >= 0.6 is 23.2 Å². The summed E-state index contributed by atoms with van der Waals surface area (Å²) >= 11 is 11.4. The molecule has 0 saturated carbocycles. The van der Waals surface area contributed by atoms with Crippen molar-refractivity contribution in [3.63, 3.8) is 0 Å². The van der Waals surface area contributed by atoms with Crippen LogP contribution in [0, 0.1) is 0 Å². The maximum atomic E-state index is 5.72. The van der Waals surface area contributed by atoms with E-state index in [0.717, 1.165) is 17.8 Å². The van der Waals surface area contributed by atoms with Gasteiger partial charge in [0.25, 0.3) is 0 Å². The second-order valence-corrected chi connectivity index (χ2v) is 3.59. The van der Waals surface area contributed by atoms with Gasteiger partial charge in [0.2, 0.25) is 0 Å². The van der Waals surface area contributed by atoms with E-state index in [-0.39, 0.29) is 0 Å². The lowest BCUT2D eigenvalue weighted by Crippen LogP contribution is -1.96. The van der Waals surface area contributed by atoms with Crippen molar-refractivity contribution >= 4 is 34.6 Å². The van der Waals surface area contributed by atoms with Crippen LogP contribution in [0.1, 0.15) is 20.3 Å². The van der Waals surface area contributed by atoms with E-state index in [9.17, 15) is 0 Å². The highest BCUT2D eigenvalue weighted by atomic mass is 35.5. The Hall–Kier alpha value is -0.800. The largest absolute Gasteiger partial charge is 0.278 e. The highest BCUT2D eigenvalue weighted by Gasteiger charge is 1.97. The molecular weight excluding hydrogens is 221 g/mol. The zero-order valence-electron chi connectivity index (χ0n) is 8.01. The summed E-state index contributed by atoms with van der Waals surface area (Å²) in [5, 5.41) is 4.82. The van der Waals surface area contributed by atoms with Gasteiger partial charge in [-0.05, 0) is 13.3 Å². The normalized spacial score (nSPS) is 11.6. The molecular formula is C9H11Cl2N3. The minimum Gasteiger partial charge on any atom is -0.278 e. The van der Waals surface area contributed by atoms with Gasteiger partial charge >= 0.3 is 0 Å². The predicted octanol–water partition coefficient (Wildman–Crippen LogP) is 3.59. The fourth-order valence-corrected chi connectivity index (χ4v) is 1.23. The summed E-state index contributed by atoms with van der Waals surface area (Å²) in [7, 11) is 0. The van der Waals surface area contributed by atoms with Crippen molar-refractivity contribution in [2.24, 2.45) is 5.10 Å². The summed E-state index contributed by atoms with van der Waals surface area (Å²) in [5.41, 5.74) is 4.60. The lowest BCUT2D eigenvalue weighted by molar-refractivity contribution is 1.20. The van der Waals surface area contributed by atoms with E-state index < -0.39 is 0 Å². The molecule has 1 heterocycles. The van der Waals surface area contributed by atoms with E-state index >= 15 is 0 Å². The van der Waals surface area contributed by atoms with Gasteiger partial charge in [-0.2, -0.15) is 5.10 Å². The maximum Gasteiger partial charge on any atom is 0.132 e. The molecule has 1 rings (SSSR count). The molecule has 3 nitrogen and oxygen atoms in total. The van der Waals surface area contributed by atoms with Crippen LogP contribution in [0.3, 0.4) is 0 Å². The van der Waals surface area contributed by atoms with Crippen molar-refractivity contribution in [2.75, 3.05) is 5.43 Å².